The molecule has 6 rings (SSSR count). The highest BCUT2D eigenvalue weighted by Crippen LogP contribution is 2.41. The van der Waals surface area contributed by atoms with E-state index in [9.17, 15) is 22.4 Å². The molecule has 1 aliphatic heterocycles. The first-order valence-electron chi connectivity index (χ1n) is 15.8. The van der Waals surface area contributed by atoms with Crippen molar-refractivity contribution in [3.05, 3.63) is 83.4 Å². The minimum absolute atomic E-state index is 0.124. The summed E-state index contributed by atoms with van der Waals surface area (Å²) in [5.74, 6) is -0.736. The highest BCUT2D eigenvalue weighted by atomic mass is 32.2. The van der Waals surface area contributed by atoms with Gasteiger partial charge in [-0.15, -0.1) is 0 Å². The highest BCUT2D eigenvalue weighted by molar-refractivity contribution is 8.00. The van der Waals surface area contributed by atoms with Gasteiger partial charge in [0.2, 0.25) is 5.91 Å². The molecule has 1 aliphatic carbocycles. The van der Waals surface area contributed by atoms with Gasteiger partial charge in [0.25, 0.3) is 6.47 Å². The molecule has 256 valence electrons. The fourth-order valence-electron chi connectivity index (χ4n) is 6.73. The minimum atomic E-state index is -4.65. The van der Waals surface area contributed by atoms with E-state index in [1.165, 1.54) is 0 Å². The number of nitrogens with one attached hydrogen (secondary N) is 1. The lowest BCUT2D eigenvalue weighted by Gasteiger charge is -2.39. The summed E-state index contributed by atoms with van der Waals surface area (Å²) in [4.78, 5) is 30.0. The molecular weight excluding hydrogens is 646 g/mol. The highest BCUT2D eigenvalue weighted by Gasteiger charge is 2.37. The van der Waals surface area contributed by atoms with Crippen LogP contribution in [0.3, 0.4) is 0 Å². The number of halogens is 4. The van der Waals surface area contributed by atoms with Crippen molar-refractivity contribution in [3.8, 4) is 0 Å². The molecule has 3 unspecified atom stereocenters. The summed E-state index contributed by atoms with van der Waals surface area (Å²) >= 11 is 1.63. The van der Waals surface area contributed by atoms with E-state index in [0.717, 1.165) is 77.5 Å². The second-order valence-electron chi connectivity index (χ2n) is 12.3. The van der Waals surface area contributed by atoms with E-state index in [-0.39, 0.29) is 35.9 Å². The smallest absolute Gasteiger partial charge is 0.416 e. The van der Waals surface area contributed by atoms with Crippen LogP contribution in [0.1, 0.15) is 55.0 Å². The van der Waals surface area contributed by atoms with E-state index < -0.39 is 17.6 Å². The van der Waals surface area contributed by atoms with Crippen LogP contribution in [0.4, 0.5) is 28.9 Å². The van der Waals surface area contributed by atoms with E-state index in [2.05, 4.69) is 66.5 Å². The van der Waals surface area contributed by atoms with Gasteiger partial charge in [0, 0.05) is 36.6 Å². The van der Waals surface area contributed by atoms with Crippen molar-refractivity contribution in [2.75, 3.05) is 29.8 Å². The number of carboxylic acid groups (broad SMARTS) is 1. The zero-order valence-electron chi connectivity index (χ0n) is 27.0. The number of aryl methyl sites for hydroxylation is 2. The van der Waals surface area contributed by atoms with Gasteiger partial charge in [-0.25, -0.2) is 9.37 Å². The number of nitrogens with zero attached hydrogens (tertiary/aromatic N) is 4. The summed E-state index contributed by atoms with van der Waals surface area (Å²) in [6.45, 7) is 3.72. The van der Waals surface area contributed by atoms with Crippen LogP contribution in [0.15, 0.2) is 65.6 Å². The van der Waals surface area contributed by atoms with Crippen LogP contribution in [0.25, 0.3) is 11.0 Å². The molecule has 1 saturated carbocycles. The number of carbonyl (C=O) groups excluding carboxylic acids is 1. The predicted octanol–water partition coefficient (Wildman–Crippen LogP) is 7.87. The predicted molar refractivity (Wildman–Crippen MR) is 180 cm³/mol. The van der Waals surface area contributed by atoms with Crippen LogP contribution in [-0.4, -0.2) is 58.1 Å². The van der Waals surface area contributed by atoms with Gasteiger partial charge in [0.15, 0.2) is 0 Å². The quantitative estimate of drug-likeness (QED) is 0.116. The fraction of sp³-hybridized carbons (Fsp3) is 0.400. The number of benzene rings is 3. The lowest BCUT2D eigenvalue weighted by atomic mass is 9.74. The third-order valence-electron chi connectivity index (χ3n) is 9.31. The molecule has 1 amide bonds. The van der Waals surface area contributed by atoms with E-state index in [1.54, 1.807) is 11.9 Å². The Morgan fingerprint density at radius 1 is 1.04 bits per heavy atom. The first kappa shape index (κ1) is 35.2. The zero-order chi connectivity index (χ0) is 34.6. The third-order valence-corrected chi connectivity index (χ3v) is 10.3. The zero-order valence-corrected chi connectivity index (χ0v) is 27.8. The van der Waals surface area contributed by atoms with Gasteiger partial charge in [-0.1, -0.05) is 12.1 Å². The number of aromatic nitrogens is 2. The standard InChI is InChI=1S/C34H37F4N5OS.CH2O2/c1-21-39-31-20-28(11-13-32(31)41(21)2)45-42(3)26-9-6-22(7-10-26)23-16-24(18-27(17-23)43-14-4-5-15-43)33(44)40-30-12-8-25(19-29(30)35)34(36,37)38;2-1-3/h6-13,19-20,23-24,27H,4-5,14-18H2,1-3H3,(H,40,44);1H,(H,2,3). The maximum Gasteiger partial charge on any atom is 0.416 e. The normalized spacial score (nSPS) is 19.9. The number of likely N-dealkylation sites (tertiary alicyclic amines) is 1. The number of hydrogen-bond acceptors (Lipinski definition) is 6. The fourth-order valence-corrected chi connectivity index (χ4v) is 7.57. The molecule has 0 spiro atoms. The summed E-state index contributed by atoms with van der Waals surface area (Å²) in [7, 11) is 4.04. The molecule has 2 fully saturated rings. The minimum Gasteiger partial charge on any atom is -0.483 e. The second kappa shape index (κ2) is 15.0. The molecule has 0 radical (unpaired) electrons. The maximum absolute atomic E-state index is 14.6. The number of rotatable bonds is 7. The van der Waals surface area contributed by atoms with Gasteiger partial charge < -0.3 is 24.2 Å². The SMILES string of the molecule is Cc1nc2cc(SN(C)c3ccc(C4CC(C(=O)Nc5ccc(C(F)(F)F)cc5F)CC(N5CCCC5)C4)cc3)ccc2n1C.O=CO. The summed E-state index contributed by atoms with van der Waals surface area (Å²) in [5.41, 5.74) is 2.94. The molecule has 1 aromatic heterocycles. The van der Waals surface area contributed by atoms with Crippen LogP contribution in [0.2, 0.25) is 0 Å². The van der Waals surface area contributed by atoms with Crippen molar-refractivity contribution in [2.45, 2.75) is 62.1 Å². The molecule has 3 aromatic carbocycles. The Hall–Kier alpha value is -4.10. The monoisotopic (exact) mass is 685 g/mol. The molecule has 2 heterocycles. The van der Waals surface area contributed by atoms with Crippen molar-refractivity contribution in [3.63, 3.8) is 0 Å². The average molecular weight is 686 g/mol. The lowest BCUT2D eigenvalue weighted by Crippen LogP contribution is -2.42. The van der Waals surface area contributed by atoms with E-state index in [1.807, 2.05) is 21.0 Å². The second-order valence-corrected chi connectivity index (χ2v) is 13.5. The number of amides is 1. The molecule has 8 nitrogen and oxygen atoms in total. The van der Waals surface area contributed by atoms with E-state index >= 15 is 0 Å². The molecule has 13 heteroatoms. The van der Waals surface area contributed by atoms with Crippen molar-refractivity contribution in [2.24, 2.45) is 13.0 Å². The third kappa shape index (κ3) is 8.12. The van der Waals surface area contributed by atoms with Gasteiger partial charge in [0.1, 0.15) is 11.6 Å². The number of fused-ring (bicyclic) bond motifs is 1. The van der Waals surface area contributed by atoms with Gasteiger partial charge in [-0.05, 0) is 124 Å². The van der Waals surface area contributed by atoms with Crippen LogP contribution >= 0.6 is 11.9 Å². The number of imidazole rings is 1. The first-order chi connectivity index (χ1) is 22.9. The first-order valence-corrected chi connectivity index (χ1v) is 16.6. The number of hydrogen-bond donors (Lipinski definition) is 2. The Labute approximate surface area is 281 Å². The van der Waals surface area contributed by atoms with Crippen LogP contribution in [0, 0.1) is 18.7 Å². The Morgan fingerprint density at radius 3 is 2.38 bits per heavy atom. The van der Waals surface area contributed by atoms with Crippen molar-refractivity contribution in [1.29, 1.82) is 0 Å². The average Bonchev–Trinajstić information content (AvgIpc) is 3.70. The Kier molecular flexibility index (Phi) is 11.0. The number of anilines is 2. The number of carbonyl (C=O) groups is 2. The molecule has 2 N–H and O–H groups in total. The summed E-state index contributed by atoms with van der Waals surface area (Å²) in [6, 6.07) is 17.2. The summed E-state index contributed by atoms with van der Waals surface area (Å²) in [5, 5.41) is 9.48. The molecule has 48 heavy (non-hydrogen) atoms. The maximum atomic E-state index is 14.6. The van der Waals surface area contributed by atoms with Crippen molar-refractivity contribution in [1.82, 2.24) is 14.5 Å². The van der Waals surface area contributed by atoms with Gasteiger partial charge in [-0.2, -0.15) is 13.2 Å². The molecule has 0 bridgehead atoms. The molecule has 1 saturated heterocycles. The Morgan fingerprint density at radius 2 is 1.73 bits per heavy atom. The number of alkyl halides is 3. The largest absolute Gasteiger partial charge is 0.483 e. The van der Waals surface area contributed by atoms with Crippen molar-refractivity contribution < 1.29 is 32.3 Å². The topological polar surface area (TPSA) is 90.7 Å². The van der Waals surface area contributed by atoms with Crippen LogP contribution in [0.5, 0.6) is 0 Å². The van der Waals surface area contributed by atoms with Crippen LogP contribution in [-0.2, 0) is 22.8 Å². The Balaban J connectivity index is 0.00000145. The molecular formula is C35H39F4N5O3S. The van der Waals surface area contributed by atoms with Gasteiger partial charge >= 0.3 is 6.18 Å². The molecule has 3 atom stereocenters. The molecule has 4 aromatic rings. The van der Waals surface area contributed by atoms with E-state index in [4.69, 9.17) is 9.90 Å². The lowest BCUT2D eigenvalue weighted by molar-refractivity contribution is -0.137. The van der Waals surface area contributed by atoms with Crippen molar-refractivity contribution >= 4 is 46.7 Å². The summed E-state index contributed by atoms with van der Waals surface area (Å²) in [6.07, 6.45) is -0.250. The Bertz CT molecular complexity index is 1740. The molecule has 2 aliphatic rings. The van der Waals surface area contributed by atoms with Gasteiger partial charge in [0.05, 0.1) is 22.3 Å². The van der Waals surface area contributed by atoms with E-state index in [0.29, 0.717) is 18.9 Å². The van der Waals surface area contributed by atoms with Crippen LogP contribution < -0.4 is 9.62 Å². The summed E-state index contributed by atoms with van der Waals surface area (Å²) < 4.78 is 57.8. The van der Waals surface area contributed by atoms with Gasteiger partial charge in [-0.3, -0.25) is 9.59 Å².